The molecule has 1 unspecified atom stereocenters. The average Bonchev–Trinajstić information content (AvgIpc) is 2.46. The first kappa shape index (κ1) is 15.3. The fourth-order valence-corrected chi connectivity index (χ4v) is 3.81. The number of hydrogen-bond acceptors (Lipinski definition) is 2. The Hall–Kier alpha value is -0.0800. The summed E-state index contributed by atoms with van der Waals surface area (Å²) in [7, 11) is 0. The van der Waals surface area contributed by atoms with E-state index in [-0.39, 0.29) is 0 Å². The van der Waals surface area contributed by atoms with E-state index < -0.39 is 0 Å². The molecule has 2 rings (SSSR count). The summed E-state index contributed by atoms with van der Waals surface area (Å²) in [5.74, 6) is 1.05. The Morgan fingerprint density at radius 1 is 1.00 bits per heavy atom. The normalized spacial score (nSPS) is 24.5. The van der Waals surface area contributed by atoms with Gasteiger partial charge in [0, 0.05) is 12.6 Å². The molecule has 0 radical (unpaired) electrons. The fraction of sp³-hybridized carbons (Fsp3) is 1.00. The third-order valence-corrected chi connectivity index (χ3v) is 4.99. The molecule has 0 amide bonds. The lowest BCUT2D eigenvalue weighted by atomic mass is 9.86. The Morgan fingerprint density at radius 2 is 1.68 bits per heavy atom. The first-order valence-electron chi connectivity index (χ1n) is 8.80. The Kier molecular flexibility index (Phi) is 7.23. The van der Waals surface area contributed by atoms with Crippen LogP contribution in [0.4, 0.5) is 0 Å². The molecule has 0 aromatic carbocycles. The lowest BCUT2D eigenvalue weighted by Gasteiger charge is -2.29. The van der Waals surface area contributed by atoms with Crippen molar-refractivity contribution in [3.05, 3.63) is 0 Å². The summed E-state index contributed by atoms with van der Waals surface area (Å²) in [6.07, 6.45) is 14.6. The van der Waals surface area contributed by atoms with Gasteiger partial charge in [-0.3, -0.25) is 0 Å². The molecule has 1 aliphatic carbocycles. The summed E-state index contributed by atoms with van der Waals surface area (Å²) in [4.78, 5) is 2.64. The standard InChI is InChI=1S/C17H34N2/c1-16(15-19-13-6-3-7-14-19)18-12-8-11-17-9-4-2-5-10-17/h16-18H,2-15H2,1H3. The predicted molar refractivity (Wildman–Crippen MR) is 83.6 cm³/mol. The Balaban J connectivity index is 1.47. The molecule has 112 valence electrons. The van der Waals surface area contributed by atoms with Gasteiger partial charge in [-0.25, -0.2) is 0 Å². The second kappa shape index (κ2) is 8.97. The van der Waals surface area contributed by atoms with E-state index in [1.54, 1.807) is 0 Å². The van der Waals surface area contributed by atoms with Crippen LogP contribution in [-0.2, 0) is 0 Å². The molecular weight excluding hydrogens is 232 g/mol. The van der Waals surface area contributed by atoms with E-state index in [0.29, 0.717) is 6.04 Å². The van der Waals surface area contributed by atoms with E-state index >= 15 is 0 Å². The van der Waals surface area contributed by atoms with Gasteiger partial charge in [0.2, 0.25) is 0 Å². The molecule has 1 aliphatic heterocycles. The number of piperidine rings is 1. The van der Waals surface area contributed by atoms with E-state index in [0.717, 1.165) is 5.92 Å². The van der Waals surface area contributed by atoms with Crippen LogP contribution in [0.25, 0.3) is 0 Å². The van der Waals surface area contributed by atoms with E-state index in [1.807, 2.05) is 0 Å². The van der Waals surface area contributed by atoms with Gasteiger partial charge >= 0.3 is 0 Å². The Morgan fingerprint density at radius 3 is 2.42 bits per heavy atom. The van der Waals surface area contributed by atoms with Crippen molar-refractivity contribution in [2.45, 2.75) is 77.2 Å². The van der Waals surface area contributed by atoms with Crippen LogP contribution in [0, 0.1) is 5.92 Å². The van der Waals surface area contributed by atoms with Gasteiger partial charge in [0.15, 0.2) is 0 Å². The van der Waals surface area contributed by atoms with Crippen molar-refractivity contribution in [3.8, 4) is 0 Å². The van der Waals surface area contributed by atoms with Crippen molar-refractivity contribution in [2.24, 2.45) is 5.92 Å². The van der Waals surface area contributed by atoms with Crippen molar-refractivity contribution in [2.75, 3.05) is 26.2 Å². The zero-order valence-corrected chi connectivity index (χ0v) is 13.0. The Labute approximate surface area is 120 Å². The van der Waals surface area contributed by atoms with Crippen molar-refractivity contribution in [1.82, 2.24) is 10.2 Å². The van der Waals surface area contributed by atoms with Gasteiger partial charge in [-0.05, 0) is 58.2 Å². The molecule has 1 N–H and O–H groups in total. The molecule has 0 spiro atoms. The van der Waals surface area contributed by atoms with E-state index in [9.17, 15) is 0 Å². The zero-order chi connectivity index (χ0) is 13.3. The van der Waals surface area contributed by atoms with Gasteiger partial charge in [0.05, 0.1) is 0 Å². The molecule has 2 aliphatic rings. The maximum Gasteiger partial charge on any atom is 0.0166 e. The minimum Gasteiger partial charge on any atom is -0.313 e. The molecule has 0 aromatic rings. The maximum absolute atomic E-state index is 3.73. The molecule has 19 heavy (non-hydrogen) atoms. The van der Waals surface area contributed by atoms with E-state index in [4.69, 9.17) is 0 Å². The third kappa shape index (κ3) is 6.27. The molecule has 2 heteroatoms. The van der Waals surface area contributed by atoms with Crippen LogP contribution < -0.4 is 5.32 Å². The summed E-state index contributed by atoms with van der Waals surface area (Å²) < 4.78 is 0. The molecular formula is C17H34N2. The number of rotatable bonds is 7. The zero-order valence-electron chi connectivity index (χ0n) is 13.0. The molecule has 2 fully saturated rings. The van der Waals surface area contributed by atoms with Crippen molar-refractivity contribution in [1.29, 1.82) is 0 Å². The number of nitrogens with one attached hydrogen (secondary N) is 1. The minimum absolute atomic E-state index is 0.671. The van der Waals surface area contributed by atoms with Gasteiger partial charge in [0.25, 0.3) is 0 Å². The van der Waals surface area contributed by atoms with Gasteiger partial charge in [-0.1, -0.05) is 38.5 Å². The molecule has 2 nitrogen and oxygen atoms in total. The van der Waals surface area contributed by atoms with Gasteiger partial charge in [-0.15, -0.1) is 0 Å². The monoisotopic (exact) mass is 266 g/mol. The molecule has 0 bridgehead atoms. The van der Waals surface area contributed by atoms with Crippen LogP contribution in [0.1, 0.15) is 71.1 Å². The van der Waals surface area contributed by atoms with Crippen molar-refractivity contribution in [3.63, 3.8) is 0 Å². The highest BCUT2D eigenvalue weighted by Crippen LogP contribution is 2.26. The first-order valence-corrected chi connectivity index (χ1v) is 8.80. The van der Waals surface area contributed by atoms with Gasteiger partial charge in [-0.2, -0.15) is 0 Å². The summed E-state index contributed by atoms with van der Waals surface area (Å²) in [6.45, 7) is 7.49. The molecule has 1 atom stereocenters. The number of likely N-dealkylation sites (tertiary alicyclic amines) is 1. The van der Waals surface area contributed by atoms with Crippen LogP contribution in [0.5, 0.6) is 0 Å². The largest absolute Gasteiger partial charge is 0.313 e. The minimum atomic E-state index is 0.671. The lowest BCUT2D eigenvalue weighted by Crippen LogP contribution is -2.41. The van der Waals surface area contributed by atoms with Crippen molar-refractivity contribution >= 4 is 0 Å². The van der Waals surface area contributed by atoms with E-state index in [1.165, 1.54) is 90.4 Å². The molecule has 1 saturated carbocycles. The second-order valence-corrected chi connectivity index (χ2v) is 6.86. The highest BCUT2D eigenvalue weighted by atomic mass is 15.1. The van der Waals surface area contributed by atoms with Crippen LogP contribution in [0.2, 0.25) is 0 Å². The van der Waals surface area contributed by atoms with Crippen LogP contribution in [-0.4, -0.2) is 37.1 Å². The predicted octanol–water partition coefficient (Wildman–Crippen LogP) is 3.81. The molecule has 0 aromatic heterocycles. The smallest absolute Gasteiger partial charge is 0.0166 e. The van der Waals surface area contributed by atoms with E-state index in [2.05, 4.69) is 17.1 Å². The van der Waals surface area contributed by atoms with Gasteiger partial charge < -0.3 is 10.2 Å². The summed E-state index contributed by atoms with van der Waals surface area (Å²) in [5.41, 5.74) is 0. The number of hydrogen-bond donors (Lipinski definition) is 1. The SMILES string of the molecule is CC(CN1CCCCC1)NCCCC1CCCCC1. The average molecular weight is 266 g/mol. The highest BCUT2D eigenvalue weighted by molar-refractivity contribution is 4.72. The number of nitrogens with zero attached hydrogens (tertiary/aromatic N) is 1. The second-order valence-electron chi connectivity index (χ2n) is 6.86. The highest BCUT2D eigenvalue weighted by Gasteiger charge is 2.14. The van der Waals surface area contributed by atoms with Crippen molar-refractivity contribution < 1.29 is 0 Å². The molecule has 1 heterocycles. The fourth-order valence-electron chi connectivity index (χ4n) is 3.81. The van der Waals surface area contributed by atoms with Crippen LogP contribution in [0.3, 0.4) is 0 Å². The summed E-state index contributed by atoms with van der Waals surface area (Å²) in [6, 6.07) is 0.671. The van der Waals surface area contributed by atoms with Crippen LogP contribution in [0.15, 0.2) is 0 Å². The van der Waals surface area contributed by atoms with Gasteiger partial charge in [0.1, 0.15) is 0 Å². The first-order chi connectivity index (χ1) is 9.34. The summed E-state index contributed by atoms with van der Waals surface area (Å²) in [5, 5.41) is 3.73. The van der Waals surface area contributed by atoms with Crippen LogP contribution >= 0.6 is 0 Å². The topological polar surface area (TPSA) is 15.3 Å². The quantitative estimate of drug-likeness (QED) is 0.705. The lowest BCUT2D eigenvalue weighted by molar-refractivity contribution is 0.208. The maximum atomic E-state index is 3.73. The Bertz CT molecular complexity index is 217. The third-order valence-electron chi connectivity index (χ3n) is 4.99. The summed E-state index contributed by atoms with van der Waals surface area (Å²) >= 11 is 0. The molecule has 1 saturated heterocycles.